The van der Waals surface area contributed by atoms with Crippen molar-refractivity contribution in [3.8, 4) is 0 Å². The molecule has 0 fully saturated rings. The number of carboxylic acid groups (broad SMARTS) is 1. The van der Waals surface area contributed by atoms with Crippen LogP contribution in [0.2, 0.25) is 0 Å². The van der Waals surface area contributed by atoms with Crippen LogP contribution in [0.3, 0.4) is 0 Å². The third-order valence-electron chi connectivity index (χ3n) is 4.69. The molecule has 0 radical (unpaired) electrons. The predicted molar refractivity (Wildman–Crippen MR) is 130 cm³/mol. The summed E-state index contributed by atoms with van der Waals surface area (Å²) in [6.07, 6.45) is -0.508. The van der Waals surface area contributed by atoms with Gasteiger partial charge < -0.3 is 20.9 Å². The normalized spacial score (nSPS) is 12.0. The number of rotatable bonds is 6. The van der Waals surface area contributed by atoms with Gasteiger partial charge in [0.05, 0.1) is 0 Å². The van der Waals surface area contributed by atoms with Crippen molar-refractivity contribution in [2.45, 2.75) is 78.4 Å². The second-order valence-electron chi connectivity index (χ2n) is 9.39. The van der Waals surface area contributed by atoms with Gasteiger partial charge >= 0.3 is 12.1 Å². The van der Waals surface area contributed by atoms with Gasteiger partial charge in [-0.1, -0.05) is 76.2 Å². The second kappa shape index (κ2) is 12.1. The summed E-state index contributed by atoms with van der Waals surface area (Å²) >= 11 is 0. The summed E-state index contributed by atoms with van der Waals surface area (Å²) in [6.45, 7) is 13.9. The minimum atomic E-state index is -1.09. The number of nitrogens with two attached hydrogens (primary N) is 1. The number of ether oxygens (including phenoxy) is 1. The van der Waals surface area contributed by atoms with Crippen LogP contribution in [0.5, 0.6) is 0 Å². The first-order valence-corrected chi connectivity index (χ1v) is 11.0. The number of alkyl carbamates (subject to hydrolysis) is 1. The van der Waals surface area contributed by atoms with Crippen LogP contribution in [0.15, 0.2) is 48.5 Å². The molecule has 6 nitrogen and oxygen atoms in total. The summed E-state index contributed by atoms with van der Waals surface area (Å²) in [5, 5.41) is 11.5. The number of amides is 1. The lowest BCUT2D eigenvalue weighted by Gasteiger charge is -2.22. The van der Waals surface area contributed by atoms with E-state index in [0.717, 1.165) is 11.3 Å². The number of para-hydroxylation sites is 1. The number of carbonyl (C=O) groups excluding carboxylic acids is 1. The Labute approximate surface area is 192 Å². The highest BCUT2D eigenvalue weighted by Crippen LogP contribution is 2.29. The zero-order chi connectivity index (χ0) is 24.5. The van der Waals surface area contributed by atoms with Crippen molar-refractivity contribution in [3.63, 3.8) is 0 Å². The van der Waals surface area contributed by atoms with Crippen LogP contribution in [0.4, 0.5) is 10.5 Å². The summed E-state index contributed by atoms with van der Waals surface area (Å²) < 4.78 is 5.04. The number of nitrogens with one attached hydrogen (secondary N) is 1. The zero-order valence-electron chi connectivity index (χ0n) is 20.3. The van der Waals surface area contributed by atoms with E-state index in [1.165, 1.54) is 11.1 Å². The lowest BCUT2D eigenvalue weighted by Crippen LogP contribution is -2.44. The molecule has 1 unspecified atom stereocenters. The molecule has 0 aromatic heterocycles. The van der Waals surface area contributed by atoms with Crippen LogP contribution in [-0.4, -0.2) is 28.8 Å². The van der Waals surface area contributed by atoms with Crippen LogP contribution >= 0.6 is 0 Å². The first-order chi connectivity index (χ1) is 14.8. The summed E-state index contributed by atoms with van der Waals surface area (Å²) in [5.41, 5.74) is 9.79. The molecule has 0 aliphatic heterocycles. The standard InChI is InChI=1S/C14H19NO4.C12H19N/c1-14(2,3)19-13(18)15-11(12(16)17)9-10-7-5-4-6-8-10;1-8(2)10-6-5-7-11(9(3)4)12(10)13/h4-8,11H,9H2,1-3H3,(H,15,18)(H,16,17);5-9H,13H2,1-4H3. The van der Waals surface area contributed by atoms with Gasteiger partial charge in [0, 0.05) is 12.1 Å². The Hall–Kier alpha value is -3.02. The second-order valence-corrected chi connectivity index (χ2v) is 9.39. The van der Waals surface area contributed by atoms with Gasteiger partial charge in [0.1, 0.15) is 11.6 Å². The highest BCUT2D eigenvalue weighted by Gasteiger charge is 2.24. The van der Waals surface area contributed by atoms with E-state index >= 15 is 0 Å². The molecule has 2 aromatic carbocycles. The number of hydrogen-bond donors (Lipinski definition) is 3. The fourth-order valence-corrected chi connectivity index (χ4v) is 3.11. The molecule has 2 rings (SSSR count). The van der Waals surface area contributed by atoms with Crippen LogP contribution in [-0.2, 0) is 16.0 Å². The first kappa shape index (κ1) is 27.0. The fraction of sp³-hybridized carbons (Fsp3) is 0.462. The minimum Gasteiger partial charge on any atom is -0.480 e. The number of benzene rings is 2. The molecule has 0 spiro atoms. The van der Waals surface area contributed by atoms with Crippen molar-refractivity contribution in [1.82, 2.24) is 5.32 Å². The average Bonchev–Trinajstić information content (AvgIpc) is 2.67. The van der Waals surface area contributed by atoms with E-state index in [1.54, 1.807) is 20.8 Å². The zero-order valence-corrected chi connectivity index (χ0v) is 20.3. The maximum atomic E-state index is 11.6. The summed E-state index contributed by atoms with van der Waals surface area (Å²) in [7, 11) is 0. The molecule has 6 heteroatoms. The third kappa shape index (κ3) is 9.41. The quantitative estimate of drug-likeness (QED) is 0.496. The summed E-state index contributed by atoms with van der Waals surface area (Å²) in [6, 6.07) is 14.4. The predicted octanol–water partition coefficient (Wildman–Crippen LogP) is 5.72. The smallest absolute Gasteiger partial charge is 0.408 e. The van der Waals surface area contributed by atoms with Gasteiger partial charge in [0.25, 0.3) is 0 Å². The van der Waals surface area contributed by atoms with E-state index in [2.05, 4.69) is 51.2 Å². The molecule has 0 saturated carbocycles. The molecule has 1 amide bonds. The number of carbonyl (C=O) groups is 2. The molecule has 4 N–H and O–H groups in total. The van der Waals surface area contributed by atoms with Gasteiger partial charge in [-0.2, -0.15) is 0 Å². The Morgan fingerprint density at radius 1 is 0.938 bits per heavy atom. The van der Waals surface area contributed by atoms with Crippen molar-refractivity contribution in [2.75, 3.05) is 5.73 Å². The van der Waals surface area contributed by atoms with E-state index in [0.29, 0.717) is 11.8 Å². The van der Waals surface area contributed by atoms with E-state index < -0.39 is 23.7 Å². The van der Waals surface area contributed by atoms with Crippen molar-refractivity contribution in [1.29, 1.82) is 0 Å². The molecule has 1 atom stereocenters. The van der Waals surface area contributed by atoms with Crippen molar-refractivity contribution in [3.05, 3.63) is 65.2 Å². The van der Waals surface area contributed by atoms with Crippen LogP contribution in [0, 0.1) is 0 Å². The van der Waals surface area contributed by atoms with Crippen molar-refractivity contribution >= 4 is 17.7 Å². The molecule has 0 aliphatic carbocycles. The highest BCUT2D eigenvalue weighted by molar-refractivity contribution is 5.80. The highest BCUT2D eigenvalue weighted by atomic mass is 16.6. The Morgan fingerprint density at radius 2 is 1.44 bits per heavy atom. The van der Waals surface area contributed by atoms with Gasteiger partial charge in [0.2, 0.25) is 0 Å². The van der Waals surface area contributed by atoms with Crippen molar-refractivity contribution in [2.24, 2.45) is 0 Å². The van der Waals surface area contributed by atoms with Gasteiger partial charge in [-0.3, -0.25) is 0 Å². The van der Waals surface area contributed by atoms with E-state index in [4.69, 9.17) is 15.6 Å². The Morgan fingerprint density at radius 3 is 1.84 bits per heavy atom. The molecular weight excluding hydrogens is 404 g/mol. The van der Waals surface area contributed by atoms with E-state index in [-0.39, 0.29) is 6.42 Å². The number of anilines is 1. The monoisotopic (exact) mass is 442 g/mol. The number of carboxylic acids is 1. The SMILES string of the molecule is CC(C)(C)OC(=O)NC(Cc1ccccc1)C(=O)O.CC(C)c1cccc(C(C)C)c1N. The summed E-state index contributed by atoms with van der Waals surface area (Å²) in [5.74, 6) is -0.0629. The van der Waals surface area contributed by atoms with Crippen LogP contribution < -0.4 is 11.1 Å². The third-order valence-corrected chi connectivity index (χ3v) is 4.69. The molecule has 0 heterocycles. The first-order valence-electron chi connectivity index (χ1n) is 11.0. The van der Waals surface area contributed by atoms with Gasteiger partial charge in [-0.25, -0.2) is 9.59 Å². The van der Waals surface area contributed by atoms with E-state index in [1.807, 2.05) is 30.3 Å². The average molecular weight is 443 g/mol. The minimum absolute atomic E-state index is 0.218. The largest absolute Gasteiger partial charge is 0.480 e. The van der Waals surface area contributed by atoms with Crippen LogP contribution in [0.25, 0.3) is 0 Å². The molecule has 176 valence electrons. The number of aliphatic carboxylic acids is 1. The molecule has 2 aromatic rings. The number of nitrogen functional groups attached to an aromatic ring is 1. The molecule has 0 aliphatic rings. The Bertz CT molecular complexity index is 845. The lowest BCUT2D eigenvalue weighted by atomic mass is 9.93. The Balaban J connectivity index is 0.000000343. The molecular formula is C26H38N2O4. The molecule has 0 bridgehead atoms. The van der Waals surface area contributed by atoms with Gasteiger partial charge in [-0.15, -0.1) is 0 Å². The fourth-order valence-electron chi connectivity index (χ4n) is 3.11. The number of hydrogen-bond acceptors (Lipinski definition) is 4. The molecule has 32 heavy (non-hydrogen) atoms. The topological polar surface area (TPSA) is 102 Å². The lowest BCUT2D eigenvalue weighted by molar-refractivity contribution is -0.139. The van der Waals surface area contributed by atoms with Gasteiger partial charge in [-0.05, 0) is 49.3 Å². The molecule has 0 saturated heterocycles. The summed E-state index contributed by atoms with van der Waals surface area (Å²) in [4.78, 5) is 22.7. The van der Waals surface area contributed by atoms with E-state index in [9.17, 15) is 9.59 Å². The van der Waals surface area contributed by atoms with Crippen molar-refractivity contribution < 1.29 is 19.4 Å². The maximum absolute atomic E-state index is 11.6. The Kier molecular flexibility index (Phi) is 10.2. The van der Waals surface area contributed by atoms with Crippen LogP contribution in [0.1, 0.15) is 77.0 Å². The maximum Gasteiger partial charge on any atom is 0.408 e. The van der Waals surface area contributed by atoms with Gasteiger partial charge in [0.15, 0.2) is 0 Å².